The number of hydrogen-bond acceptors (Lipinski definition) is 5. The number of nitrogens with zero attached hydrogens (tertiary/aromatic N) is 4. The summed E-state index contributed by atoms with van der Waals surface area (Å²) in [4.78, 5) is 48.4. The van der Waals surface area contributed by atoms with Crippen molar-refractivity contribution in [1.82, 2.24) is 14.8 Å². The van der Waals surface area contributed by atoms with E-state index in [-0.39, 0.29) is 36.6 Å². The molecule has 204 valence electrons. The molecule has 3 aromatic rings. The quantitative estimate of drug-likeness (QED) is 0.473. The van der Waals surface area contributed by atoms with E-state index in [1.54, 1.807) is 32.2 Å². The highest BCUT2D eigenvalue weighted by Crippen LogP contribution is 2.30. The maximum atomic E-state index is 13.9. The lowest BCUT2D eigenvalue weighted by atomic mass is 10.0. The molecule has 0 radical (unpaired) electrons. The smallest absolute Gasteiger partial charge is 0.270 e. The number of carbonyl (C=O) groups is 3. The van der Waals surface area contributed by atoms with Gasteiger partial charge in [-0.15, -0.1) is 0 Å². The summed E-state index contributed by atoms with van der Waals surface area (Å²) in [5.41, 5.74) is 1.85. The van der Waals surface area contributed by atoms with Crippen LogP contribution < -0.4 is 9.64 Å². The molecule has 2 heterocycles. The first-order chi connectivity index (χ1) is 18.7. The third kappa shape index (κ3) is 5.60. The van der Waals surface area contributed by atoms with Gasteiger partial charge in [-0.25, -0.2) is 0 Å². The second-order valence-corrected chi connectivity index (χ2v) is 10.5. The summed E-state index contributed by atoms with van der Waals surface area (Å²) in [6, 6.07) is 17.2. The second kappa shape index (κ2) is 11.6. The fourth-order valence-corrected chi connectivity index (χ4v) is 5.25. The Hall–Kier alpha value is -4.32. The van der Waals surface area contributed by atoms with Crippen molar-refractivity contribution in [3.63, 3.8) is 0 Å². The molecule has 9 heteroatoms. The summed E-state index contributed by atoms with van der Waals surface area (Å²) >= 11 is 0. The number of ether oxygens (including phenoxy) is 1. The maximum absolute atomic E-state index is 13.9. The van der Waals surface area contributed by atoms with Gasteiger partial charge in [0.05, 0.1) is 19.1 Å². The number of para-hydroxylation sites is 1. The third-order valence-corrected chi connectivity index (χ3v) is 7.40. The molecule has 2 aromatic carbocycles. The van der Waals surface area contributed by atoms with Crippen LogP contribution in [0.15, 0.2) is 54.6 Å². The summed E-state index contributed by atoms with van der Waals surface area (Å²) < 4.78 is 5.42. The van der Waals surface area contributed by atoms with E-state index in [0.717, 1.165) is 16.6 Å². The standard InChI is InChI=1S/C30H35N5O4/c1-19(2)14-26(34(4)29(37)25-16-23-24(32-25)12-9-13-27(23)39-5)30(38)35-18-20(15-22(35)17-31)28(36)33(3)21-10-7-6-8-11-21/h6-13,16,19-20,22,26,32H,14-15,18H2,1-5H3. The summed E-state index contributed by atoms with van der Waals surface area (Å²) in [6.07, 6.45) is 0.675. The van der Waals surface area contributed by atoms with Gasteiger partial charge in [-0.05, 0) is 49.1 Å². The van der Waals surface area contributed by atoms with Crippen molar-refractivity contribution in [2.24, 2.45) is 11.8 Å². The number of benzene rings is 2. The predicted molar refractivity (Wildman–Crippen MR) is 149 cm³/mol. The summed E-state index contributed by atoms with van der Waals surface area (Å²) in [5.74, 6) is -0.555. The van der Waals surface area contributed by atoms with E-state index in [1.165, 1.54) is 9.80 Å². The molecule has 1 aliphatic heterocycles. The van der Waals surface area contributed by atoms with E-state index in [4.69, 9.17) is 4.74 Å². The number of amides is 3. The normalized spacial score (nSPS) is 17.6. The second-order valence-electron chi connectivity index (χ2n) is 10.5. The molecular formula is C30H35N5O4. The number of carbonyl (C=O) groups excluding carboxylic acids is 3. The number of nitrogens with one attached hydrogen (secondary N) is 1. The highest BCUT2D eigenvalue weighted by Gasteiger charge is 2.43. The summed E-state index contributed by atoms with van der Waals surface area (Å²) in [6.45, 7) is 4.10. The van der Waals surface area contributed by atoms with Crippen LogP contribution in [0, 0.1) is 23.2 Å². The number of rotatable bonds is 8. The van der Waals surface area contributed by atoms with Crippen molar-refractivity contribution >= 4 is 34.3 Å². The molecular weight excluding hydrogens is 494 g/mol. The zero-order valence-electron chi connectivity index (χ0n) is 23.0. The first-order valence-electron chi connectivity index (χ1n) is 13.1. The minimum absolute atomic E-state index is 0.113. The first-order valence-corrected chi connectivity index (χ1v) is 13.1. The number of aromatic amines is 1. The van der Waals surface area contributed by atoms with Crippen LogP contribution in [0.4, 0.5) is 5.69 Å². The molecule has 3 atom stereocenters. The predicted octanol–water partition coefficient (Wildman–Crippen LogP) is 4.07. The van der Waals surface area contributed by atoms with Crippen molar-refractivity contribution < 1.29 is 19.1 Å². The number of fused-ring (bicyclic) bond motifs is 1. The Morgan fingerprint density at radius 2 is 1.85 bits per heavy atom. The zero-order valence-corrected chi connectivity index (χ0v) is 23.0. The van der Waals surface area contributed by atoms with Gasteiger partial charge >= 0.3 is 0 Å². The van der Waals surface area contributed by atoms with Crippen LogP contribution in [0.2, 0.25) is 0 Å². The van der Waals surface area contributed by atoms with Crippen molar-refractivity contribution in [3.8, 4) is 11.8 Å². The van der Waals surface area contributed by atoms with E-state index >= 15 is 0 Å². The van der Waals surface area contributed by atoms with E-state index in [2.05, 4.69) is 11.1 Å². The van der Waals surface area contributed by atoms with Crippen molar-refractivity contribution in [2.75, 3.05) is 32.6 Å². The van der Waals surface area contributed by atoms with E-state index < -0.39 is 18.0 Å². The van der Waals surface area contributed by atoms with Gasteiger partial charge in [0.25, 0.3) is 5.91 Å². The highest BCUT2D eigenvalue weighted by molar-refractivity contribution is 6.01. The number of hydrogen-bond donors (Lipinski definition) is 1. The number of likely N-dealkylation sites (N-methyl/N-ethyl adjacent to an activating group) is 1. The molecule has 3 unspecified atom stereocenters. The van der Waals surface area contributed by atoms with Gasteiger partial charge in [0.2, 0.25) is 11.8 Å². The number of nitriles is 1. The molecule has 1 aromatic heterocycles. The van der Waals surface area contributed by atoms with Gasteiger partial charge in [-0.3, -0.25) is 14.4 Å². The zero-order chi connectivity index (χ0) is 28.3. The van der Waals surface area contributed by atoms with Crippen molar-refractivity contribution in [1.29, 1.82) is 5.26 Å². The van der Waals surface area contributed by atoms with Crippen LogP contribution in [0.1, 0.15) is 37.2 Å². The first kappa shape index (κ1) is 27.7. The number of H-pyrrole nitrogens is 1. The number of methoxy groups -OCH3 is 1. The number of likely N-dealkylation sites (tertiary alicyclic amines) is 1. The molecule has 0 bridgehead atoms. The molecule has 1 N–H and O–H groups in total. The van der Waals surface area contributed by atoms with E-state index in [0.29, 0.717) is 17.9 Å². The lowest BCUT2D eigenvalue weighted by Gasteiger charge is -2.33. The van der Waals surface area contributed by atoms with Crippen molar-refractivity contribution in [3.05, 3.63) is 60.3 Å². The Kier molecular flexibility index (Phi) is 8.24. The Labute approximate surface area is 228 Å². The molecule has 0 saturated carbocycles. The summed E-state index contributed by atoms with van der Waals surface area (Å²) in [5, 5.41) is 10.7. The van der Waals surface area contributed by atoms with Gasteiger partial charge < -0.3 is 24.4 Å². The van der Waals surface area contributed by atoms with Gasteiger partial charge in [0.1, 0.15) is 23.5 Å². The summed E-state index contributed by atoms with van der Waals surface area (Å²) in [7, 11) is 4.89. The number of aromatic nitrogens is 1. The van der Waals surface area contributed by atoms with Crippen LogP contribution in [0.5, 0.6) is 5.75 Å². The van der Waals surface area contributed by atoms with Crippen LogP contribution in [0.25, 0.3) is 10.9 Å². The SMILES string of the molecule is COc1cccc2[nH]c(C(=O)N(C)C(CC(C)C)C(=O)N3CC(C(=O)N(C)c4ccccc4)CC3C#N)cc12. The fraction of sp³-hybridized carbons (Fsp3) is 0.400. The molecule has 1 saturated heterocycles. The van der Waals surface area contributed by atoms with E-state index in [1.807, 2.05) is 62.4 Å². The van der Waals surface area contributed by atoms with Crippen LogP contribution in [-0.2, 0) is 9.59 Å². The van der Waals surface area contributed by atoms with E-state index in [9.17, 15) is 19.6 Å². The third-order valence-electron chi connectivity index (χ3n) is 7.40. The Bertz CT molecular complexity index is 1390. The lowest BCUT2D eigenvalue weighted by molar-refractivity contribution is -0.136. The molecule has 1 aliphatic rings. The minimum Gasteiger partial charge on any atom is -0.496 e. The van der Waals surface area contributed by atoms with Crippen molar-refractivity contribution in [2.45, 2.75) is 38.8 Å². The topological polar surface area (TPSA) is 110 Å². The molecule has 9 nitrogen and oxygen atoms in total. The molecule has 0 aliphatic carbocycles. The van der Waals surface area contributed by atoms with Gasteiger partial charge in [0, 0.05) is 37.2 Å². The molecule has 3 amide bonds. The Balaban J connectivity index is 1.56. The van der Waals surface area contributed by atoms with Crippen LogP contribution >= 0.6 is 0 Å². The average Bonchev–Trinajstić information content (AvgIpc) is 3.59. The highest BCUT2D eigenvalue weighted by atomic mass is 16.5. The largest absolute Gasteiger partial charge is 0.496 e. The molecule has 4 rings (SSSR count). The fourth-order valence-electron chi connectivity index (χ4n) is 5.25. The van der Waals surface area contributed by atoms with Crippen LogP contribution in [-0.4, -0.2) is 72.3 Å². The molecule has 1 fully saturated rings. The monoisotopic (exact) mass is 529 g/mol. The maximum Gasteiger partial charge on any atom is 0.270 e. The lowest BCUT2D eigenvalue weighted by Crippen LogP contribution is -2.51. The minimum atomic E-state index is -0.789. The van der Waals surface area contributed by atoms with Crippen LogP contribution in [0.3, 0.4) is 0 Å². The van der Waals surface area contributed by atoms with Gasteiger partial charge in [-0.1, -0.05) is 38.1 Å². The van der Waals surface area contributed by atoms with Gasteiger partial charge in [0.15, 0.2) is 0 Å². The Morgan fingerprint density at radius 3 is 2.49 bits per heavy atom. The Morgan fingerprint density at radius 1 is 1.13 bits per heavy atom. The van der Waals surface area contributed by atoms with Gasteiger partial charge in [-0.2, -0.15) is 5.26 Å². The molecule has 39 heavy (non-hydrogen) atoms. The molecule has 0 spiro atoms. The number of anilines is 1. The average molecular weight is 530 g/mol.